The van der Waals surface area contributed by atoms with E-state index in [-0.39, 0.29) is 23.1 Å². The first-order chi connectivity index (χ1) is 15.8. The van der Waals surface area contributed by atoms with Gasteiger partial charge < -0.3 is 10.2 Å². The molecule has 0 atom stereocenters. The van der Waals surface area contributed by atoms with Crippen LogP contribution in [0.25, 0.3) is 5.95 Å². The highest BCUT2D eigenvalue weighted by molar-refractivity contribution is 5.91. The predicted octanol–water partition coefficient (Wildman–Crippen LogP) is 2.26. The molecule has 33 heavy (non-hydrogen) atoms. The summed E-state index contributed by atoms with van der Waals surface area (Å²) in [4.78, 5) is 36.4. The number of non-ortho nitro benzene ring substituents is 1. The molecule has 1 aliphatic rings. The number of rotatable bonds is 6. The zero-order valence-corrected chi connectivity index (χ0v) is 18.9. The van der Waals surface area contributed by atoms with Gasteiger partial charge in [0.1, 0.15) is 5.82 Å². The fourth-order valence-electron chi connectivity index (χ4n) is 3.90. The largest absolute Gasteiger partial charge is 0.369 e. The van der Waals surface area contributed by atoms with E-state index in [1.165, 1.54) is 6.07 Å². The lowest BCUT2D eigenvalue weighted by molar-refractivity contribution is -0.384. The van der Waals surface area contributed by atoms with Crippen molar-refractivity contribution in [1.82, 2.24) is 24.6 Å². The molecular weight excluding hydrogens is 424 g/mol. The fourth-order valence-corrected chi connectivity index (χ4v) is 3.90. The smallest absolute Gasteiger partial charge is 0.271 e. The summed E-state index contributed by atoms with van der Waals surface area (Å²) in [5.74, 6) is 0.795. The van der Waals surface area contributed by atoms with Gasteiger partial charge in [-0.15, -0.1) is 0 Å². The number of nitrogens with zero attached hydrogens (tertiary/aromatic N) is 7. The third kappa shape index (κ3) is 5.32. The van der Waals surface area contributed by atoms with E-state index in [0.717, 1.165) is 22.8 Å². The highest BCUT2D eigenvalue weighted by atomic mass is 16.6. The Morgan fingerprint density at radius 3 is 2.39 bits per heavy atom. The molecule has 0 unspecified atom stereocenters. The van der Waals surface area contributed by atoms with E-state index >= 15 is 0 Å². The molecule has 1 fully saturated rings. The molecule has 4 rings (SSSR count). The van der Waals surface area contributed by atoms with E-state index in [1.54, 1.807) is 22.9 Å². The Bertz CT molecular complexity index is 1160. The second kappa shape index (κ2) is 9.33. The van der Waals surface area contributed by atoms with Gasteiger partial charge in [0, 0.05) is 61.5 Å². The summed E-state index contributed by atoms with van der Waals surface area (Å²) >= 11 is 0. The number of aromatic nitrogens is 4. The van der Waals surface area contributed by atoms with E-state index in [0.29, 0.717) is 37.9 Å². The van der Waals surface area contributed by atoms with Gasteiger partial charge in [0.25, 0.3) is 11.6 Å². The van der Waals surface area contributed by atoms with Gasteiger partial charge >= 0.3 is 0 Å². The van der Waals surface area contributed by atoms with Crippen molar-refractivity contribution >= 4 is 23.1 Å². The Balaban J connectivity index is 1.37. The van der Waals surface area contributed by atoms with E-state index in [9.17, 15) is 14.9 Å². The molecule has 0 aliphatic carbocycles. The van der Waals surface area contributed by atoms with Gasteiger partial charge in [-0.1, -0.05) is 6.07 Å². The zero-order valence-electron chi connectivity index (χ0n) is 18.9. The minimum atomic E-state index is -0.389. The molecule has 11 nitrogen and oxygen atoms in total. The Hall–Kier alpha value is -3.86. The van der Waals surface area contributed by atoms with Crippen molar-refractivity contribution in [2.24, 2.45) is 0 Å². The Morgan fingerprint density at radius 1 is 1.03 bits per heavy atom. The number of benzene rings is 1. The summed E-state index contributed by atoms with van der Waals surface area (Å²) < 4.78 is 1.55. The molecule has 1 amide bonds. The van der Waals surface area contributed by atoms with Crippen LogP contribution >= 0.6 is 0 Å². The summed E-state index contributed by atoms with van der Waals surface area (Å²) in [7, 11) is 0. The number of hydrogen-bond donors (Lipinski definition) is 1. The van der Waals surface area contributed by atoms with Crippen molar-refractivity contribution in [3.8, 4) is 5.95 Å². The van der Waals surface area contributed by atoms with Crippen molar-refractivity contribution in [2.45, 2.75) is 20.8 Å². The van der Waals surface area contributed by atoms with Crippen LogP contribution in [0.1, 0.15) is 17.1 Å². The quantitative estimate of drug-likeness (QED) is 0.448. The molecule has 11 heteroatoms. The number of carbonyl (C=O) groups is 1. The Morgan fingerprint density at radius 2 is 1.73 bits per heavy atom. The third-order valence-electron chi connectivity index (χ3n) is 5.40. The van der Waals surface area contributed by atoms with Crippen LogP contribution < -0.4 is 10.2 Å². The number of piperazine rings is 1. The van der Waals surface area contributed by atoms with E-state index in [1.807, 2.05) is 32.9 Å². The Kier molecular flexibility index (Phi) is 6.31. The molecule has 1 N–H and O–H groups in total. The maximum absolute atomic E-state index is 12.8. The van der Waals surface area contributed by atoms with Gasteiger partial charge in [0.2, 0.25) is 5.91 Å². The highest BCUT2D eigenvalue weighted by Crippen LogP contribution is 2.22. The first-order valence-corrected chi connectivity index (χ1v) is 10.7. The predicted molar refractivity (Wildman–Crippen MR) is 124 cm³/mol. The number of aryl methyl sites for hydroxylation is 3. The molecule has 1 aliphatic heterocycles. The van der Waals surface area contributed by atoms with Crippen molar-refractivity contribution in [3.63, 3.8) is 0 Å². The minimum Gasteiger partial charge on any atom is -0.369 e. The number of amides is 1. The molecule has 0 saturated carbocycles. The van der Waals surface area contributed by atoms with Gasteiger partial charge in [0.05, 0.1) is 17.2 Å². The summed E-state index contributed by atoms with van der Waals surface area (Å²) in [5.41, 5.74) is 3.29. The zero-order chi connectivity index (χ0) is 23.5. The lowest BCUT2D eigenvalue weighted by Crippen LogP contribution is -2.48. The molecule has 1 aromatic carbocycles. The first kappa shape index (κ1) is 22.3. The van der Waals surface area contributed by atoms with Crippen molar-refractivity contribution in [1.29, 1.82) is 0 Å². The van der Waals surface area contributed by atoms with Crippen LogP contribution in [0.15, 0.2) is 36.4 Å². The molecule has 0 spiro atoms. The van der Waals surface area contributed by atoms with Crippen molar-refractivity contribution in [2.75, 3.05) is 42.9 Å². The topological polar surface area (TPSA) is 122 Å². The van der Waals surface area contributed by atoms with Crippen molar-refractivity contribution < 1.29 is 9.72 Å². The van der Waals surface area contributed by atoms with Crippen LogP contribution in [0.2, 0.25) is 0 Å². The van der Waals surface area contributed by atoms with Gasteiger partial charge in [-0.05, 0) is 32.9 Å². The number of nitro groups is 1. The molecule has 1 saturated heterocycles. The number of nitro benzene ring substituents is 1. The van der Waals surface area contributed by atoms with Gasteiger partial charge in [-0.25, -0.2) is 9.97 Å². The molecule has 172 valence electrons. The summed E-state index contributed by atoms with van der Waals surface area (Å²) in [6.07, 6.45) is 0. The second-order valence-corrected chi connectivity index (χ2v) is 8.12. The van der Waals surface area contributed by atoms with Gasteiger partial charge in [-0.2, -0.15) is 9.78 Å². The lowest BCUT2D eigenvalue weighted by atomic mass is 10.2. The van der Waals surface area contributed by atoms with E-state index in [2.05, 4.69) is 30.2 Å². The molecule has 2 aromatic heterocycles. The lowest BCUT2D eigenvalue weighted by Gasteiger charge is -2.35. The first-order valence-electron chi connectivity index (χ1n) is 10.7. The van der Waals surface area contributed by atoms with Crippen LogP contribution in [-0.2, 0) is 4.79 Å². The minimum absolute atomic E-state index is 0.0778. The third-order valence-corrected chi connectivity index (χ3v) is 5.40. The normalized spacial score (nSPS) is 14.3. The number of hydrogen-bond acceptors (Lipinski definition) is 8. The summed E-state index contributed by atoms with van der Waals surface area (Å²) in [6.45, 7) is 8.58. The molecule has 3 heterocycles. The number of carbonyl (C=O) groups excluding carboxylic acids is 1. The van der Waals surface area contributed by atoms with Crippen molar-refractivity contribution in [3.05, 3.63) is 63.6 Å². The highest BCUT2D eigenvalue weighted by Gasteiger charge is 2.21. The molecule has 0 radical (unpaired) electrons. The van der Waals surface area contributed by atoms with Gasteiger partial charge in [0.15, 0.2) is 0 Å². The average molecular weight is 451 g/mol. The maximum Gasteiger partial charge on any atom is 0.271 e. The number of nitrogens with one attached hydrogen (secondary N) is 1. The average Bonchev–Trinajstić information content (AvgIpc) is 3.13. The SMILES string of the molecule is Cc1cc(C)nc(-n2nc(C)cc2NC(=O)CN2CCN(c3cccc([N+](=O)[O-])c3)CC2)n1. The molecule has 0 bridgehead atoms. The monoisotopic (exact) mass is 450 g/mol. The second-order valence-electron chi connectivity index (χ2n) is 8.12. The van der Waals surface area contributed by atoms with Gasteiger partial charge in [-0.3, -0.25) is 19.8 Å². The van der Waals surface area contributed by atoms with E-state index < -0.39 is 0 Å². The van der Waals surface area contributed by atoms with Crippen LogP contribution in [-0.4, -0.2) is 68.2 Å². The van der Waals surface area contributed by atoms with Crippen LogP contribution in [0.5, 0.6) is 0 Å². The number of anilines is 2. The van der Waals surface area contributed by atoms with Crippen LogP contribution in [0.4, 0.5) is 17.2 Å². The summed E-state index contributed by atoms with van der Waals surface area (Å²) in [5, 5.41) is 18.4. The van der Waals surface area contributed by atoms with Crippen LogP contribution in [0.3, 0.4) is 0 Å². The standard InChI is InChI=1S/C22H26N8O3/c1-15-11-16(2)24-22(23-15)29-20(12-17(3)26-29)25-21(31)14-27-7-9-28(10-8-27)18-5-4-6-19(13-18)30(32)33/h4-6,11-13H,7-10,14H2,1-3H3,(H,25,31). The maximum atomic E-state index is 12.8. The molecule has 3 aromatic rings. The summed E-state index contributed by atoms with van der Waals surface area (Å²) in [6, 6.07) is 10.3. The Labute approximate surface area is 191 Å². The van der Waals surface area contributed by atoms with E-state index in [4.69, 9.17) is 0 Å². The van der Waals surface area contributed by atoms with Crippen LogP contribution in [0, 0.1) is 30.9 Å². The fraction of sp³-hybridized carbons (Fsp3) is 0.364. The molecular formula is C22H26N8O3.